The quantitative estimate of drug-likeness (QED) is 0.786. The van der Waals surface area contributed by atoms with Gasteiger partial charge in [0.25, 0.3) is 0 Å². The minimum absolute atomic E-state index is 0. The van der Waals surface area contributed by atoms with Gasteiger partial charge >= 0.3 is 0 Å². The van der Waals surface area contributed by atoms with Crippen LogP contribution in [0.25, 0.3) is 0 Å². The van der Waals surface area contributed by atoms with E-state index in [9.17, 15) is 9.59 Å². The Bertz CT molecular complexity index is 787. The molecule has 3 fully saturated rings. The van der Waals surface area contributed by atoms with Gasteiger partial charge in [-0.25, -0.2) is 0 Å². The third kappa shape index (κ3) is 3.84. The molecule has 1 aromatic rings. The van der Waals surface area contributed by atoms with Crippen LogP contribution in [0.15, 0.2) is 18.2 Å². The molecular weight excluding hydrogens is 390 g/mol. The highest BCUT2D eigenvalue weighted by Gasteiger charge is 2.50. The molecule has 0 radical (unpaired) electrons. The predicted molar refractivity (Wildman–Crippen MR) is 112 cm³/mol. The van der Waals surface area contributed by atoms with Gasteiger partial charge in [-0.05, 0) is 61.8 Å². The summed E-state index contributed by atoms with van der Waals surface area (Å²) < 4.78 is 5.68. The lowest BCUT2D eigenvalue weighted by Crippen LogP contribution is -2.67. The molecule has 4 heterocycles. The Morgan fingerprint density at radius 1 is 1.21 bits per heavy atom. The molecule has 0 spiro atoms. The largest absolute Gasteiger partial charge is 0.493 e. The first-order valence-corrected chi connectivity index (χ1v) is 10.7. The average Bonchev–Trinajstić information content (AvgIpc) is 2.73. The second-order valence-electron chi connectivity index (χ2n) is 8.73. The maximum Gasteiger partial charge on any atom is 0.243 e. The number of nitrogens with one attached hydrogen (secondary N) is 2. The van der Waals surface area contributed by atoms with Crippen molar-refractivity contribution >= 4 is 24.2 Å². The topological polar surface area (TPSA) is 70.7 Å². The van der Waals surface area contributed by atoms with Crippen LogP contribution >= 0.6 is 12.4 Å². The Morgan fingerprint density at radius 3 is 2.97 bits per heavy atom. The van der Waals surface area contributed by atoms with Crippen LogP contribution in [0.3, 0.4) is 0 Å². The van der Waals surface area contributed by atoms with Gasteiger partial charge in [0.2, 0.25) is 11.8 Å². The maximum absolute atomic E-state index is 13.2. The SMILES string of the molecule is Cl.O=C(NCc1ccc2c(c1)CCCO2)[C@H]1[C@@H]2CNC[C@@H](C2)[C@@H]2CCCC(=O)N21. The number of rotatable bonds is 3. The van der Waals surface area contributed by atoms with Crippen LogP contribution in [0, 0.1) is 11.8 Å². The Labute approximate surface area is 178 Å². The lowest BCUT2D eigenvalue weighted by Gasteiger charge is -2.53. The van der Waals surface area contributed by atoms with Crippen LogP contribution in [0.2, 0.25) is 0 Å². The third-order valence-electron chi connectivity index (χ3n) is 6.95. The first-order chi connectivity index (χ1) is 13.7. The molecule has 5 rings (SSSR count). The maximum atomic E-state index is 13.2. The summed E-state index contributed by atoms with van der Waals surface area (Å²) in [5, 5.41) is 6.63. The van der Waals surface area contributed by atoms with Crippen molar-refractivity contribution in [3.63, 3.8) is 0 Å². The number of piperidine rings is 3. The van der Waals surface area contributed by atoms with Crippen molar-refractivity contribution in [2.75, 3.05) is 19.7 Å². The molecule has 158 valence electrons. The van der Waals surface area contributed by atoms with E-state index in [1.807, 2.05) is 17.0 Å². The zero-order chi connectivity index (χ0) is 19.1. The van der Waals surface area contributed by atoms with Gasteiger partial charge in [-0.2, -0.15) is 0 Å². The van der Waals surface area contributed by atoms with Crippen molar-refractivity contribution < 1.29 is 14.3 Å². The summed E-state index contributed by atoms with van der Waals surface area (Å²) in [5.41, 5.74) is 2.32. The van der Waals surface area contributed by atoms with Gasteiger partial charge in [0, 0.05) is 31.5 Å². The Hall–Kier alpha value is -1.79. The van der Waals surface area contributed by atoms with Crippen molar-refractivity contribution in [2.45, 2.75) is 57.2 Å². The smallest absolute Gasteiger partial charge is 0.243 e. The van der Waals surface area contributed by atoms with Crippen LogP contribution in [0.5, 0.6) is 5.75 Å². The van der Waals surface area contributed by atoms with Gasteiger partial charge in [0.15, 0.2) is 0 Å². The fourth-order valence-corrected chi connectivity index (χ4v) is 5.67. The average molecular weight is 420 g/mol. The predicted octanol–water partition coefficient (Wildman–Crippen LogP) is 2.04. The van der Waals surface area contributed by atoms with Crippen LogP contribution in [-0.2, 0) is 22.6 Å². The number of benzene rings is 1. The van der Waals surface area contributed by atoms with Gasteiger partial charge in [0.05, 0.1) is 6.61 Å². The molecule has 1 aromatic carbocycles. The fourth-order valence-electron chi connectivity index (χ4n) is 5.67. The number of nitrogens with zero attached hydrogens (tertiary/aromatic N) is 1. The van der Waals surface area contributed by atoms with E-state index in [1.165, 1.54) is 5.56 Å². The zero-order valence-corrected chi connectivity index (χ0v) is 17.5. The Kier molecular flexibility index (Phi) is 6.02. The minimum atomic E-state index is -0.331. The van der Waals surface area contributed by atoms with Gasteiger partial charge in [-0.1, -0.05) is 12.1 Å². The van der Waals surface area contributed by atoms with Crippen molar-refractivity contribution in [1.29, 1.82) is 0 Å². The molecule has 4 atom stereocenters. The van der Waals surface area contributed by atoms with E-state index >= 15 is 0 Å². The second kappa shape index (κ2) is 8.52. The molecule has 0 saturated carbocycles. The number of amides is 2. The molecule has 0 aliphatic carbocycles. The highest BCUT2D eigenvalue weighted by molar-refractivity contribution is 5.89. The summed E-state index contributed by atoms with van der Waals surface area (Å²) in [6.07, 6.45) is 5.68. The van der Waals surface area contributed by atoms with Crippen molar-refractivity contribution in [1.82, 2.24) is 15.5 Å². The molecule has 3 saturated heterocycles. The van der Waals surface area contributed by atoms with E-state index in [1.54, 1.807) is 0 Å². The monoisotopic (exact) mass is 419 g/mol. The second-order valence-corrected chi connectivity index (χ2v) is 8.73. The van der Waals surface area contributed by atoms with Crippen LogP contribution < -0.4 is 15.4 Å². The molecule has 4 aliphatic rings. The van der Waals surface area contributed by atoms with Crippen LogP contribution in [0.4, 0.5) is 0 Å². The highest BCUT2D eigenvalue weighted by atomic mass is 35.5. The lowest BCUT2D eigenvalue weighted by molar-refractivity contribution is -0.157. The normalized spacial score (nSPS) is 30.3. The molecule has 0 aromatic heterocycles. The van der Waals surface area contributed by atoms with Gasteiger partial charge in [-0.3, -0.25) is 9.59 Å². The summed E-state index contributed by atoms with van der Waals surface area (Å²) in [6.45, 7) is 3.07. The molecule has 2 bridgehead atoms. The van der Waals surface area contributed by atoms with E-state index in [4.69, 9.17) is 4.74 Å². The summed E-state index contributed by atoms with van der Waals surface area (Å²) in [4.78, 5) is 27.9. The number of hydrogen-bond donors (Lipinski definition) is 2. The zero-order valence-electron chi connectivity index (χ0n) is 16.7. The molecule has 7 heteroatoms. The van der Waals surface area contributed by atoms with Crippen molar-refractivity contribution in [2.24, 2.45) is 11.8 Å². The molecule has 29 heavy (non-hydrogen) atoms. The standard InChI is InChI=1S/C22H29N3O3.ClH/c26-20-5-1-4-18-16-10-17(13-23-12-16)21(25(18)20)22(27)24-11-14-6-7-19-15(9-14)3-2-8-28-19;/h6-7,9,16-18,21,23H,1-5,8,10-13H2,(H,24,27);1H/t16-,17+,18+,21-;/m1./s1. The molecular formula is C22H30ClN3O3. The molecule has 2 amide bonds. The third-order valence-corrected chi connectivity index (χ3v) is 6.95. The molecule has 4 aliphatic heterocycles. The van der Waals surface area contributed by atoms with Crippen molar-refractivity contribution in [3.05, 3.63) is 29.3 Å². The Morgan fingerprint density at radius 2 is 2.07 bits per heavy atom. The van der Waals surface area contributed by atoms with E-state index in [0.29, 0.717) is 18.9 Å². The fraction of sp³-hybridized carbons (Fsp3) is 0.636. The first kappa shape index (κ1) is 20.5. The number of aryl methyl sites for hydroxylation is 1. The van der Waals surface area contributed by atoms with E-state index in [-0.39, 0.29) is 42.2 Å². The summed E-state index contributed by atoms with van der Waals surface area (Å²) in [7, 11) is 0. The van der Waals surface area contributed by atoms with Crippen LogP contribution in [0.1, 0.15) is 43.2 Å². The summed E-state index contributed by atoms with van der Waals surface area (Å²) in [6, 6.07) is 6.07. The Balaban J connectivity index is 0.00000205. The number of ether oxygens (including phenoxy) is 1. The van der Waals surface area contributed by atoms with E-state index < -0.39 is 0 Å². The molecule has 0 unspecified atom stereocenters. The summed E-state index contributed by atoms with van der Waals surface area (Å²) >= 11 is 0. The number of hydrogen-bond acceptors (Lipinski definition) is 4. The highest BCUT2D eigenvalue weighted by Crippen LogP contribution is 2.39. The molecule has 6 nitrogen and oxygen atoms in total. The number of halogens is 1. The number of fused-ring (bicyclic) bond motifs is 5. The van der Waals surface area contributed by atoms with E-state index in [2.05, 4.69) is 16.7 Å². The van der Waals surface area contributed by atoms with Crippen molar-refractivity contribution in [3.8, 4) is 5.75 Å². The summed E-state index contributed by atoms with van der Waals surface area (Å²) in [5.74, 6) is 1.84. The van der Waals surface area contributed by atoms with Gasteiger partial charge < -0.3 is 20.3 Å². The first-order valence-electron chi connectivity index (χ1n) is 10.7. The van der Waals surface area contributed by atoms with Gasteiger partial charge in [0.1, 0.15) is 11.8 Å². The number of carbonyl (C=O) groups excluding carboxylic acids is 2. The van der Waals surface area contributed by atoms with Gasteiger partial charge in [-0.15, -0.1) is 12.4 Å². The van der Waals surface area contributed by atoms with E-state index in [0.717, 1.165) is 63.1 Å². The number of carbonyl (C=O) groups is 2. The molecule has 2 N–H and O–H groups in total. The lowest BCUT2D eigenvalue weighted by atomic mass is 9.72. The minimum Gasteiger partial charge on any atom is -0.493 e. The van der Waals surface area contributed by atoms with Crippen LogP contribution in [-0.4, -0.2) is 48.5 Å².